The summed E-state index contributed by atoms with van der Waals surface area (Å²) >= 11 is 1.34. The molecule has 0 saturated heterocycles. The number of carbonyl (C=O) groups excluding carboxylic acids is 1. The topological polar surface area (TPSA) is 67.4 Å². The molecule has 1 heterocycles. The van der Waals surface area contributed by atoms with Crippen LogP contribution in [0.5, 0.6) is 0 Å². The highest BCUT2D eigenvalue weighted by Gasteiger charge is 2.25. The summed E-state index contributed by atoms with van der Waals surface area (Å²) in [6, 6.07) is 8.85. The van der Waals surface area contributed by atoms with Crippen molar-refractivity contribution in [3.05, 3.63) is 40.4 Å². The Hall–Kier alpha value is -1.83. The standard InChI is InChI=1S/C16H20N4O2S/c1-20(13-7-11-5-3-4-6-12(11)8-13)9-14(21)17-16-19-18-15(23-16)10-22-2/h3-6,13H,7-10H2,1-2H3,(H,17,19,21). The normalized spacial score (nSPS) is 14.2. The van der Waals surface area contributed by atoms with Crippen LogP contribution < -0.4 is 5.32 Å². The van der Waals surface area contributed by atoms with E-state index in [1.165, 1.54) is 22.5 Å². The van der Waals surface area contributed by atoms with Crippen LogP contribution in [0, 0.1) is 0 Å². The fraction of sp³-hybridized carbons (Fsp3) is 0.438. The molecule has 0 atom stereocenters. The molecule has 0 aliphatic heterocycles. The summed E-state index contributed by atoms with van der Waals surface area (Å²) in [5.41, 5.74) is 2.77. The third-order valence-electron chi connectivity index (χ3n) is 4.03. The van der Waals surface area contributed by atoms with Crippen LogP contribution >= 0.6 is 11.3 Å². The molecule has 0 spiro atoms. The first-order chi connectivity index (χ1) is 11.2. The van der Waals surface area contributed by atoms with Crippen LogP contribution in [0.4, 0.5) is 5.13 Å². The number of methoxy groups -OCH3 is 1. The van der Waals surface area contributed by atoms with Gasteiger partial charge in [0, 0.05) is 13.2 Å². The quantitative estimate of drug-likeness (QED) is 0.872. The van der Waals surface area contributed by atoms with Crippen molar-refractivity contribution in [2.24, 2.45) is 0 Å². The van der Waals surface area contributed by atoms with Crippen LogP contribution in [-0.4, -0.2) is 47.7 Å². The van der Waals surface area contributed by atoms with Crippen molar-refractivity contribution in [2.45, 2.75) is 25.5 Å². The highest BCUT2D eigenvalue weighted by atomic mass is 32.1. The van der Waals surface area contributed by atoms with Gasteiger partial charge >= 0.3 is 0 Å². The number of hydrogen-bond acceptors (Lipinski definition) is 6. The number of rotatable bonds is 6. The fourth-order valence-corrected chi connectivity index (χ4v) is 3.58. The number of anilines is 1. The smallest absolute Gasteiger partial charge is 0.240 e. The van der Waals surface area contributed by atoms with E-state index in [9.17, 15) is 4.79 Å². The molecule has 1 amide bonds. The summed E-state index contributed by atoms with van der Waals surface area (Å²) in [7, 11) is 3.60. The molecule has 0 fully saturated rings. The van der Waals surface area contributed by atoms with E-state index in [-0.39, 0.29) is 5.91 Å². The van der Waals surface area contributed by atoms with Crippen molar-refractivity contribution in [3.8, 4) is 0 Å². The molecule has 122 valence electrons. The van der Waals surface area contributed by atoms with Crippen LogP contribution in [0.1, 0.15) is 16.1 Å². The molecular weight excluding hydrogens is 312 g/mol. The Balaban J connectivity index is 1.52. The number of amides is 1. The first kappa shape index (κ1) is 16.0. The van der Waals surface area contributed by atoms with E-state index < -0.39 is 0 Å². The second-order valence-corrected chi connectivity index (χ2v) is 6.79. The van der Waals surface area contributed by atoms with E-state index in [1.54, 1.807) is 7.11 Å². The third-order valence-corrected chi connectivity index (χ3v) is 4.84. The molecule has 6 nitrogen and oxygen atoms in total. The largest absolute Gasteiger partial charge is 0.377 e. The molecule has 1 aliphatic carbocycles. The molecule has 1 N–H and O–H groups in total. The lowest BCUT2D eigenvalue weighted by Gasteiger charge is -2.23. The van der Waals surface area contributed by atoms with Gasteiger partial charge in [-0.3, -0.25) is 15.0 Å². The van der Waals surface area contributed by atoms with Crippen molar-refractivity contribution in [2.75, 3.05) is 26.0 Å². The monoisotopic (exact) mass is 332 g/mol. The summed E-state index contributed by atoms with van der Waals surface area (Å²) in [6.45, 7) is 0.756. The van der Waals surface area contributed by atoms with Gasteiger partial charge in [-0.2, -0.15) is 0 Å². The summed E-state index contributed by atoms with van der Waals surface area (Å²) in [6.07, 6.45) is 1.99. The summed E-state index contributed by atoms with van der Waals surface area (Å²) in [5.74, 6) is -0.0661. The van der Waals surface area contributed by atoms with E-state index in [0.717, 1.165) is 17.8 Å². The zero-order valence-corrected chi connectivity index (χ0v) is 14.1. The van der Waals surface area contributed by atoms with Crippen molar-refractivity contribution in [1.29, 1.82) is 0 Å². The van der Waals surface area contributed by atoms with E-state index in [0.29, 0.717) is 24.3 Å². The maximum Gasteiger partial charge on any atom is 0.240 e. The van der Waals surface area contributed by atoms with E-state index in [4.69, 9.17) is 4.74 Å². The van der Waals surface area contributed by atoms with Crippen molar-refractivity contribution < 1.29 is 9.53 Å². The number of nitrogens with zero attached hydrogens (tertiary/aromatic N) is 3. The van der Waals surface area contributed by atoms with Crippen molar-refractivity contribution >= 4 is 22.4 Å². The minimum atomic E-state index is -0.0661. The first-order valence-corrected chi connectivity index (χ1v) is 8.35. The molecule has 1 aromatic carbocycles. The minimum absolute atomic E-state index is 0.0661. The van der Waals surface area contributed by atoms with Gasteiger partial charge in [-0.25, -0.2) is 0 Å². The Kier molecular flexibility index (Phi) is 5.00. The van der Waals surface area contributed by atoms with Gasteiger partial charge < -0.3 is 4.74 Å². The average Bonchev–Trinajstić information content (AvgIpc) is 3.14. The van der Waals surface area contributed by atoms with E-state index >= 15 is 0 Å². The molecule has 0 radical (unpaired) electrons. The Labute approximate surface area is 139 Å². The maximum absolute atomic E-state index is 12.2. The van der Waals surface area contributed by atoms with Crippen LogP contribution in [0.3, 0.4) is 0 Å². The summed E-state index contributed by atoms with van der Waals surface area (Å²) in [4.78, 5) is 14.3. The van der Waals surface area contributed by atoms with Crippen LogP contribution in [-0.2, 0) is 29.0 Å². The fourth-order valence-electron chi connectivity index (χ4n) is 2.85. The number of hydrogen-bond donors (Lipinski definition) is 1. The van der Waals surface area contributed by atoms with Crippen molar-refractivity contribution in [3.63, 3.8) is 0 Å². The van der Waals surface area contributed by atoms with Gasteiger partial charge in [-0.15, -0.1) is 10.2 Å². The number of carbonyl (C=O) groups is 1. The zero-order valence-electron chi connectivity index (χ0n) is 13.3. The Morgan fingerprint density at radius 1 is 1.35 bits per heavy atom. The van der Waals surface area contributed by atoms with Crippen LogP contribution in [0.15, 0.2) is 24.3 Å². The molecule has 7 heteroatoms. The number of fused-ring (bicyclic) bond motifs is 1. The summed E-state index contributed by atoms with van der Waals surface area (Å²) < 4.78 is 5.00. The molecule has 2 aromatic rings. The molecular formula is C16H20N4O2S. The average molecular weight is 332 g/mol. The lowest BCUT2D eigenvalue weighted by molar-refractivity contribution is -0.117. The van der Waals surface area contributed by atoms with Gasteiger partial charge in [0.15, 0.2) is 0 Å². The number of aromatic nitrogens is 2. The lowest BCUT2D eigenvalue weighted by Crippen LogP contribution is -2.38. The lowest BCUT2D eigenvalue weighted by atomic mass is 10.1. The van der Waals surface area contributed by atoms with Crippen LogP contribution in [0.2, 0.25) is 0 Å². The van der Waals surface area contributed by atoms with Gasteiger partial charge in [0.1, 0.15) is 11.6 Å². The number of benzene rings is 1. The molecule has 1 aromatic heterocycles. The van der Waals surface area contributed by atoms with Crippen LogP contribution in [0.25, 0.3) is 0 Å². The Bertz CT molecular complexity index is 663. The van der Waals surface area contributed by atoms with E-state index in [2.05, 4.69) is 44.7 Å². The highest BCUT2D eigenvalue weighted by Crippen LogP contribution is 2.24. The Morgan fingerprint density at radius 3 is 2.70 bits per heavy atom. The van der Waals surface area contributed by atoms with Gasteiger partial charge in [-0.05, 0) is 31.0 Å². The van der Waals surface area contributed by atoms with Gasteiger partial charge in [-0.1, -0.05) is 35.6 Å². The predicted octanol–water partition coefficient (Wildman–Crippen LogP) is 1.72. The highest BCUT2D eigenvalue weighted by molar-refractivity contribution is 7.15. The zero-order chi connectivity index (χ0) is 16.2. The van der Waals surface area contributed by atoms with E-state index in [1.807, 2.05) is 7.05 Å². The SMILES string of the molecule is COCc1nnc(NC(=O)CN(C)C2Cc3ccccc3C2)s1. The maximum atomic E-state index is 12.2. The molecule has 23 heavy (non-hydrogen) atoms. The number of nitrogens with one attached hydrogen (secondary N) is 1. The predicted molar refractivity (Wildman–Crippen MR) is 89.5 cm³/mol. The summed E-state index contributed by atoms with van der Waals surface area (Å²) in [5, 5.41) is 12.0. The first-order valence-electron chi connectivity index (χ1n) is 7.54. The molecule has 0 unspecified atom stereocenters. The molecule has 1 aliphatic rings. The second-order valence-electron chi connectivity index (χ2n) is 5.73. The van der Waals surface area contributed by atoms with Gasteiger partial charge in [0.2, 0.25) is 11.0 Å². The van der Waals surface area contributed by atoms with Gasteiger partial charge in [0.05, 0.1) is 6.54 Å². The van der Waals surface area contributed by atoms with Crippen molar-refractivity contribution in [1.82, 2.24) is 15.1 Å². The second kappa shape index (κ2) is 7.16. The number of ether oxygens (including phenoxy) is 1. The Morgan fingerprint density at radius 2 is 2.04 bits per heavy atom. The molecule has 0 saturated carbocycles. The molecule has 0 bridgehead atoms. The minimum Gasteiger partial charge on any atom is -0.377 e. The number of likely N-dealkylation sites (N-methyl/N-ethyl adjacent to an activating group) is 1. The van der Waals surface area contributed by atoms with Gasteiger partial charge in [0.25, 0.3) is 0 Å². The third kappa shape index (κ3) is 3.93. The molecule has 3 rings (SSSR count).